The summed E-state index contributed by atoms with van der Waals surface area (Å²) in [5.74, 6) is 0.616. The Labute approximate surface area is 167 Å². The second kappa shape index (κ2) is 10.8. The first-order valence-electron chi connectivity index (χ1n) is 10.2. The summed E-state index contributed by atoms with van der Waals surface area (Å²) in [6.45, 7) is 2.98. The van der Waals surface area contributed by atoms with Gasteiger partial charge in [0.25, 0.3) is 5.91 Å². The lowest BCUT2D eigenvalue weighted by atomic mass is 10.1. The highest BCUT2D eigenvalue weighted by Gasteiger charge is 2.22. The molecule has 0 spiro atoms. The Morgan fingerprint density at radius 3 is 2.71 bits per heavy atom. The number of hydrogen-bond acceptors (Lipinski definition) is 4. The Morgan fingerprint density at radius 1 is 1.11 bits per heavy atom. The molecule has 2 aromatic rings. The molecule has 2 aromatic carbocycles. The highest BCUT2D eigenvalue weighted by Crippen LogP contribution is 2.29. The number of aliphatic hydroxyl groups excluding tert-OH is 1. The molecule has 0 aliphatic carbocycles. The Kier molecular flexibility index (Phi) is 7.88. The van der Waals surface area contributed by atoms with Crippen LogP contribution in [0.15, 0.2) is 54.6 Å². The van der Waals surface area contributed by atoms with E-state index >= 15 is 0 Å². The average molecular weight is 383 g/mol. The number of likely N-dealkylation sites (tertiary alicyclic amines) is 1. The van der Waals surface area contributed by atoms with E-state index in [-0.39, 0.29) is 19.1 Å². The summed E-state index contributed by atoms with van der Waals surface area (Å²) in [4.78, 5) is 14.5. The van der Waals surface area contributed by atoms with Crippen LogP contribution in [0.3, 0.4) is 0 Å². The molecule has 1 aliphatic rings. The molecule has 1 atom stereocenters. The van der Waals surface area contributed by atoms with E-state index in [1.165, 1.54) is 6.42 Å². The van der Waals surface area contributed by atoms with Crippen molar-refractivity contribution in [3.05, 3.63) is 54.6 Å². The summed E-state index contributed by atoms with van der Waals surface area (Å²) < 4.78 is 5.77. The number of para-hydroxylation sites is 1. The summed E-state index contributed by atoms with van der Waals surface area (Å²) >= 11 is 0. The molecule has 0 bridgehead atoms. The molecule has 1 heterocycles. The minimum atomic E-state index is -0.0997. The van der Waals surface area contributed by atoms with Crippen LogP contribution < -0.4 is 10.1 Å². The number of aliphatic hydroxyl groups is 1. The lowest BCUT2D eigenvalue weighted by Crippen LogP contribution is -2.34. The highest BCUT2D eigenvalue weighted by molar-refractivity contribution is 5.78. The fourth-order valence-electron chi connectivity index (χ4n) is 3.71. The number of hydrogen-bond donors (Lipinski definition) is 2. The van der Waals surface area contributed by atoms with E-state index in [0.717, 1.165) is 43.5 Å². The number of carbonyl (C=O) groups is 1. The standard InChI is InChI=1S/C23H30N2O3/c26-17-20-11-8-16-25(20)15-7-6-14-24-23(27)18-28-22-13-5-4-12-21(22)19-9-2-1-3-10-19/h1-5,9-10,12-13,20,26H,6-8,11,14-18H2,(H,24,27). The van der Waals surface area contributed by atoms with Crippen LogP contribution in [0.1, 0.15) is 25.7 Å². The SMILES string of the molecule is O=C(COc1ccccc1-c1ccccc1)NCCCCN1CCCC1CO. The molecular formula is C23H30N2O3. The minimum Gasteiger partial charge on any atom is -0.483 e. The smallest absolute Gasteiger partial charge is 0.257 e. The molecule has 5 nitrogen and oxygen atoms in total. The Balaban J connectivity index is 1.37. The molecule has 0 radical (unpaired) electrons. The van der Waals surface area contributed by atoms with E-state index in [4.69, 9.17) is 4.74 Å². The fraction of sp³-hybridized carbons (Fsp3) is 0.435. The van der Waals surface area contributed by atoms with Crippen molar-refractivity contribution in [3.8, 4) is 16.9 Å². The molecule has 5 heteroatoms. The molecule has 3 rings (SSSR count). The van der Waals surface area contributed by atoms with E-state index in [0.29, 0.717) is 18.3 Å². The van der Waals surface area contributed by atoms with Crippen LogP contribution >= 0.6 is 0 Å². The molecule has 28 heavy (non-hydrogen) atoms. The van der Waals surface area contributed by atoms with Crippen LogP contribution in [-0.4, -0.2) is 54.8 Å². The summed E-state index contributed by atoms with van der Waals surface area (Å²) in [5.41, 5.74) is 2.06. The zero-order valence-electron chi connectivity index (χ0n) is 16.3. The fourth-order valence-corrected chi connectivity index (χ4v) is 3.71. The van der Waals surface area contributed by atoms with Crippen molar-refractivity contribution in [2.45, 2.75) is 31.7 Å². The Hall–Kier alpha value is -2.37. The molecule has 1 unspecified atom stereocenters. The van der Waals surface area contributed by atoms with Gasteiger partial charge in [0.05, 0.1) is 6.61 Å². The monoisotopic (exact) mass is 382 g/mol. The molecular weight excluding hydrogens is 352 g/mol. The normalized spacial score (nSPS) is 16.8. The lowest BCUT2D eigenvalue weighted by Gasteiger charge is -2.22. The van der Waals surface area contributed by atoms with Gasteiger partial charge in [-0.3, -0.25) is 9.69 Å². The van der Waals surface area contributed by atoms with Crippen LogP contribution in [0.25, 0.3) is 11.1 Å². The number of rotatable bonds is 10. The minimum absolute atomic E-state index is 0.0164. The number of nitrogens with one attached hydrogen (secondary N) is 1. The number of ether oxygens (including phenoxy) is 1. The topological polar surface area (TPSA) is 61.8 Å². The summed E-state index contributed by atoms with van der Waals surface area (Å²) in [7, 11) is 0. The van der Waals surface area contributed by atoms with E-state index in [1.807, 2.05) is 54.6 Å². The molecule has 150 valence electrons. The van der Waals surface area contributed by atoms with E-state index < -0.39 is 0 Å². The van der Waals surface area contributed by atoms with Crippen molar-refractivity contribution in [1.29, 1.82) is 0 Å². The summed E-state index contributed by atoms with van der Waals surface area (Å²) in [6.07, 6.45) is 4.22. The van der Waals surface area contributed by atoms with Gasteiger partial charge < -0.3 is 15.2 Å². The maximum atomic E-state index is 12.1. The molecule has 2 N–H and O–H groups in total. The third-order valence-corrected chi connectivity index (χ3v) is 5.23. The third kappa shape index (κ3) is 5.81. The second-order valence-electron chi connectivity index (χ2n) is 7.22. The zero-order chi connectivity index (χ0) is 19.6. The maximum absolute atomic E-state index is 12.1. The van der Waals surface area contributed by atoms with Crippen LogP contribution in [0, 0.1) is 0 Å². The van der Waals surface area contributed by atoms with Gasteiger partial charge in [-0.05, 0) is 50.4 Å². The average Bonchev–Trinajstić information content (AvgIpc) is 3.20. The van der Waals surface area contributed by atoms with Gasteiger partial charge >= 0.3 is 0 Å². The highest BCUT2D eigenvalue weighted by atomic mass is 16.5. The van der Waals surface area contributed by atoms with Gasteiger partial charge in [-0.1, -0.05) is 48.5 Å². The van der Waals surface area contributed by atoms with Crippen LogP contribution in [0.5, 0.6) is 5.75 Å². The van der Waals surface area contributed by atoms with Crippen molar-refractivity contribution >= 4 is 5.91 Å². The quantitative estimate of drug-likeness (QED) is 0.620. The van der Waals surface area contributed by atoms with E-state index in [2.05, 4.69) is 10.2 Å². The maximum Gasteiger partial charge on any atom is 0.257 e. The number of unbranched alkanes of at least 4 members (excludes halogenated alkanes) is 1. The first-order valence-corrected chi connectivity index (χ1v) is 10.2. The summed E-state index contributed by atoms with van der Waals surface area (Å²) in [6, 6.07) is 18.1. The van der Waals surface area contributed by atoms with Crippen molar-refractivity contribution < 1.29 is 14.6 Å². The van der Waals surface area contributed by atoms with Gasteiger partial charge in [0.1, 0.15) is 5.75 Å². The Morgan fingerprint density at radius 2 is 1.89 bits per heavy atom. The predicted octanol–water partition coefficient (Wildman–Crippen LogP) is 3.09. The van der Waals surface area contributed by atoms with Crippen molar-refractivity contribution in [1.82, 2.24) is 10.2 Å². The van der Waals surface area contributed by atoms with Gasteiger partial charge in [-0.15, -0.1) is 0 Å². The van der Waals surface area contributed by atoms with Crippen LogP contribution in [-0.2, 0) is 4.79 Å². The largest absolute Gasteiger partial charge is 0.483 e. The van der Waals surface area contributed by atoms with E-state index in [1.54, 1.807) is 0 Å². The van der Waals surface area contributed by atoms with E-state index in [9.17, 15) is 9.90 Å². The predicted molar refractivity (Wildman–Crippen MR) is 111 cm³/mol. The Bertz CT molecular complexity index is 736. The number of carbonyl (C=O) groups excluding carboxylic acids is 1. The molecule has 1 fully saturated rings. The second-order valence-corrected chi connectivity index (χ2v) is 7.22. The van der Waals surface area contributed by atoms with Crippen LogP contribution in [0.4, 0.5) is 0 Å². The van der Waals surface area contributed by atoms with Crippen molar-refractivity contribution in [2.24, 2.45) is 0 Å². The van der Waals surface area contributed by atoms with Gasteiger partial charge in [-0.25, -0.2) is 0 Å². The van der Waals surface area contributed by atoms with Crippen molar-refractivity contribution in [2.75, 3.05) is 32.8 Å². The zero-order valence-corrected chi connectivity index (χ0v) is 16.3. The van der Waals surface area contributed by atoms with Crippen molar-refractivity contribution in [3.63, 3.8) is 0 Å². The van der Waals surface area contributed by atoms with Crippen LogP contribution in [0.2, 0.25) is 0 Å². The molecule has 1 amide bonds. The number of nitrogens with zero attached hydrogens (tertiary/aromatic N) is 1. The molecule has 1 aliphatic heterocycles. The van der Waals surface area contributed by atoms with Gasteiger partial charge in [0.15, 0.2) is 6.61 Å². The first-order chi connectivity index (χ1) is 13.8. The molecule has 0 aromatic heterocycles. The first kappa shape index (κ1) is 20.4. The number of amides is 1. The summed E-state index contributed by atoms with van der Waals surface area (Å²) in [5, 5.41) is 12.3. The van der Waals surface area contributed by atoms with Gasteiger partial charge in [0, 0.05) is 18.2 Å². The molecule has 0 saturated carbocycles. The lowest BCUT2D eigenvalue weighted by molar-refractivity contribution is -0.123. The third-order valence-electron chi connectivity index (χ3n) is 5.23. The number of benzene rings is 2. The molecule has 1 saturated heterocycles. The van der Waals surface area contributed by atoms with Gasteiger partial charge in [-0.2, -0.15) is 0 Å². The van der Waals surface area contributed by atoms with Gasteiger partial charge in [0.2, 0.25) is 0 Å².